The fraction of sp³-hybridized carbons (Fsp3) is 0.429. The molecule has 0 saturated carbocycles. The summed E-state index contributed by atoms with van der Waals surface area (Å²) in [6.07, 6.45) is 1.90. The summed E-state index contributed by atoms with van der Waals surface area (Å²) in [5.41, 5.74) is 7.70. The van der Waals surface area contributed by atoms with Crippen molar-refractivity contribution in [3.8, 4) is 0 Å². The lowest BCUT2D eigenvalue weighted by molar-refractivity contribution is -0.122. The van der Waals surface area contributed by atoms with Crippen LogP contribution in [0.4, 0.5) is 5.13 Å². The van der Waals surface area contributed by atoms with Gasteiger partial charge in [-0.15, -0.1) is 0 Å². The first kappa shape index (κ1) is 12.4. The predicted molar refractivity (Wildman–Crippen MR) is 78.5 cm³/mol. The first-order valence-corrected chi connectivity index (χ1v) is 7.36. The van der Waals surface area contributed by atoms with E-state index in [2.05, 4.69) is 35.0 Å². The molecule has 1 aromatic heterocycles. The Morgan fingerprint density at radius 2 is 2.37 bits per heavy atom. The lowest BCUT2D eigenvalue weighted by Crippen LogP contribution is -2.41. The Morgan fingerprint density at radius 1 is 1.53 bits per heavy atom. The Bertz CT molecular complexity index is 622. The van der Waals surface area contributed by atoms with Crippen molar-refractivity contribution in [2.75, 3.05) is 18.0 Å². The van der Waals surface area contributed by atoms with Crippen molar-refractivity contribution in [3.05, 3.63) is 23.8 Å². The van der Waals surface area contributed by atoms with Gasteiger partial charge in [0.1, 0.15) is 0 Å². The number of thiazole rings is 1. The molecule has 3 rings (SSSR count). The minimum Gasteiger partial charge on any atom is -0.369 e. The van der Waals surface area contributed by atoms with Crippen LogP contribution in [-0.4, -0.2) is 24.0 Å². The number of primary amides is 1. The number of hydrogen-bond donors (Lipinski definition) is 1. The summed E-state index contributed by atoms with van der Waals surface area (Å²) in [6, 6.07) is 6.29. The molecule has 1 atom stereocenters. The van der Waals surface area contributed by atoms with Gasteiger partial charge < -0.3 is 10.6 Å². The smallest absolute Gasteiger partial charge is 0.222 e. The third-order valence-corrected chi connectivity index (χ3v) is 4.71. The van der Waals surface area contributed by atoms with Crippen LogP contribution in [0.15, 0.2) is 18.2 Å². The topological polar surface area (TPSA) is 59.2 Å². The molecule has 1 aromatic carbocycles. The zero-order valence-corrected chi connectivity index (χ0v) is 11.7. The quantitative estimate of drug-likeness (QED) is 0.915. The normalized spacial score (nSPS) is 19.8. The van der Waals surface area contributed by atoms with Gasteiger partial charge in [-0.2, -0.15) is 0 Å². The first-order chi connectivity index (χ1) is 9.13. The second-order valence-corrected chi connectivity index (χ2v) is 6.16. The van der Waals surface area contributed by atoms with Gasteiger partial charge in [-0.1, -0.05) is 17.4 Å². The van der Waals surface area contributed by atoms with Gasteiger partial charge in [-0.3, -0.25) is 4.79 Å². The number of rotatable bonds is 2. The van der Waals surface area contributed by atoms with E-state index in [4.69, 9.17) is 5.73 Å². The molecule has 2 aromatic rings. The number of piperidine rings is 1. The highest BCUT2D eigenvalue weighted by Crippen LogP contribution is 2.31. The molecular weight excluding hydrogens is 258 g/mol. The van der Waals surface area contributed by atoms with Crippen molar-refractivity contribution in [2.45, 2.75) is 19.8 Å². The highest BCUT2D eigenvalue weighted by Gasteiger charge is 2.25. The molecule has 1 amide bonds. The summed E-state index contributed by atoms with van der Waals surface area (Å²) in [5.74, 6) is -0.232. The molecule has 1 fully saturated rings. The van der Waals surface area contributed by atoms with Crippen LogP contribution in [0.1, 0.15) is 18.4 Å². The number of anilines is 1. The number of amides is 1. The molecule has 2 heterocycles. The number of benzene rings is 1. The number of fused-ring (bicyclic) bond motifs is 1. The minimum atomic E-state index is -0.193. The van der Waals surface area contributed by atoms with Crippen LogP contribution in [0.5, 0.6) is 0 Å². The second-order valence-electron chi connectivity index (χ2n) is 5.16. The molecular formula is C14H17N3OS. The molecule has 1 aliphatic rings. The molecule has 2 N–H and O–H groups in total. The molecule has 5 heteroatoms. The van der Waals surface area contributed by atoms with Gasteiger partial charge in [-0.25, -0.2) is 4.98 Å². The highest BCUT2D eigenvalue weighted by atomic mass is 32.1. The maximum Gasteiger partial charge on any atom is 0.222 e. The highest BCUT2D eigenvalue weighted by molar-refractivity contribution is 7.22. The average molecular weight is 275 g/mol. The molecule has 0 aliphatic carbocycles. The molecule has 0 spiro atoms. The lowest BCUT2D eigenvalue weighted by Gasteiger charge is -2.30. The number of aryl methyl sites for hydroxylation is 1. The maximum absolute atomic E-state index is 11.3. The van der Waals surface area contributed by atoms with Gasteiger partial charge >= 0.3 is 0 Å². The van der Waals surface area contributed by atoms with E-state index >= 15 is 0 Å². The Labute approximate surface area is 116 Å². The first-order valence-electron chi connectivity index (χ1n) is 6.55. The van der Waals surface area contributed by atoms with Crippen LogP contribution >= 0.6 is 11.3 Å². The van der Waals surface area contributed by atoms with Crippen LogP contribution in [0.25, 0.3) is 10.2 Å². The van der Waals surface area contributed by atoms with Crippen molar-refractivity contribution in [1.82, 2.24) is 4.98 Å². The molecule has 0 bridgehead atoms. The SMILES string of the molecule is Cc1ccc2nc(N3CCCC(C(N)=O)C3)sc2c1. The summed E-state index contributed by atoms with van der Waals surface area (Å²) < 4.78 is 1.20. The van der Waals surface area contributed by atoms with E-state index in [9.17, 15) is 4.79 Å². The van der Waals surface area contributed by atoms with Crippen LogP contribution in [0.2, 0.25) is 0 Å². The summed E-state index contributed by atoms with van der Waals surface area (Å²) in [4.78, 5) is 18.2. The summed E-state index contributed by atoms with van der Waals surface area (Å²) in [7, 11) is 0. The van der Waals surface area contributed by atoms with E-state index < -0.39 is 0 Å². The third kappa shape index (κ3) is 2.42. The minimum absolute atomic E-state index is 0.0394. The van der Waals surface area contributed by atoms with Crippen LogP contribution < -0.4 is 10.6 Å². The molecule has 100 valence electrons. The van der Waals surface area contributed by atoms with Gasteiger partial charge in [0.25, 0.3) is 0 Å². The number of nitrogens with zero attached hydrogens (tertiary/aromatic N) is 2. The number of carbonyl (C=O) groups is 1. The molecule has 1 saturated heterocycles. The molecule has 1 unspecified atom stereocenters. The van der Waals surface area contributed by atoms with Crippen LogP contribution in [-0.2, 0) is 4.79 Å². The second kappa shape index (κ2) is 4.81. The number of aromatic nitrogens is 1. The standard InChI is InChI=1S/C14H17N3OS/c1-9-4-5-11-12(7-9)19-14(16-11)17-6-2-3-10(8-17)13(15)18/h4-5,7,10H,2-3,6,8H2,1H3,(H2,15,18). The summed E-state index contributed by atoms with van der Waals surface area (Å²) >= 11 is 1.69. The van der Waals surface area contributed by atoms with Crippen molar-refractivity contribution >= 4 is 32.6 Å². The fourth-order valence-electron chi connectivity index (χ4n) is 2.54. The van der Waals surface area contributed by atoms with Crippen molar-refractivity contribution in [3.63, 3.8) is 0 Å². The number of hydrogen-bond acceptors (Lipinski definition) is 4. The van der Waals surface area contributed by atoms with Gasteiger partial charge in [0, 0.05) is 13.1 Å². The van der Waals surface area contributed by atoms with E-state index in [0.717, 1.165) is 30.0 Å². The monoisotopic (exact) mass is 275 g/mol. The average Bonchev–Trinajstić information content (AvgIpc) is 2.81. The molecule has 4 nitrogen and oxygen atoms in total. The van der Waals surface area contributed by atoms with Gasteiger partial charge in [-0.05, 0) is 37.5 Å². The van der Waals surface area contributed by atoms with Gasteiger partial charge in [0.15, 0.2) is 5.13 Å². The molecule has 1 aliphatic heterocycles. The van der Waals surface area contributed by atoms with Crippen molar-refractivity contribution in [2.24, 2.45) is 11.7 Å². The van der Waals surface area contributed by atoms with Gasteiger partial charge in [0.2, 0.25) is 5.91 Å². The lowest BCUT2D eigenvalue weighted by atomic mass is 9.98. The van der Waals surface area contributed by atoms with E-state index in [1.165, 1.54) is 10.3 Å². The zero-order chi connectivity index (χ0) is 13.4. The number of carbonyl (C=O) groups excluding carboxylic acids is 1. The predicted octanol–water partition coefficient (Wildman–Crippen LogP) is 2.31. The third-order valence-electron chi connectivity index (χ3n) is 3.63. The summed E-state index contributed by atoms with van der Waals surface area (Å²) in [5, 5.41) is 1.01. The Hall–Kier alpha value is -1.62. The Balaban J connectivity index is 1.89. The van der Waals surface area contributed by atoms with E-state index in [-0.39, 0.29) is 11.8 Å². The van der Waals surface area contributed by atoms with Crippen molar-refractivity contribution in [1.29, 1.82) is 0 Å². The largest absolute Gasteiger partial charge is 0.369 e. The maximum atomic E-state index is 11.3. The Kier molecular flexibility index (Phi) is 3.14. The fourth-order valence-corrected chi connectivity index (χ4v) is 3.64. The molecule has 0 radical (unpaired) electrons. The van der Waals surface area contributed by atoms with E-state index in [1.54, 1.807) is 11.3 Å². The van der Waals surface area contributed by atoms with Crippen LogP contribution in [0.3, 0.4) is 0 Å². The van der Waals surface area contributed by atoms with Crippen molar-refractivity contribution < 1.29 is 4.79 Å². The summed E-state index contributed by atoms with van der Waals surface area (Å²) in [6.45, 7) is 3.75. The Morgan fingerprint density at radius 3 is 3.16 bits per heavy atom. The zero-order valence-electron chi connectivity index (χ0n) is 10.9. The van der Waals surface area contributed by atoms with Gasteiger partial charge in [0.05, 0.1) is 16.1 Å². The molecule has 19 heavy (non-hydrogen) atoms. The van der Waals surface area contributed by atoms with Crippen LogP contribution in [0, 0.1) is 12.8 Å². The van der Waals surface area contributed by atoms with E-state index in [0.29, 0.717) is 6.54 Å². The number of nitrogens with two attached hydrogens (primary N) is 1. The van der Waals surface area contributed by atoms with E-state index in [1.807, 2.05) is 0 Å².